The van der Waals surface area contributed by atoms with Gasteiger partial charge in [0.2, 0.25) is 35.4 Å². The van der Waals surface area contributed by atoms with Crippen LogP contribution in [0, 0.1) is 17.8 Å². The van der Waals surface area contributed by atoms with Crippen molar-refractivity contribution in [3.05, 3.63) is 125 Å². The Kier molecular flexibility index (Phi) is 18.8. The molecule has 0 spiro atoms. The third-order valence-electron chi connectivity index (χ3n) is 14.0. The summed E-state index contributed by atoms with van der Waals surface area (Å²) >= 11 is 0. The first kappa shape index (κ1) is 57.4. The van der Waals surface area contributed by atoms with E-state index in [-0.39, 0.29) is 24.4 Å². The first-order valence-electron chi connectivity index (χ1n) is 25.2. The van der Waals surface area contributed by atoms with Gasteiger partial charge in [-0.2, -0.15) is 0 Å². The number of phenolic OH excluding ortho intramolecular Hbond substituents is 1. The van der Waals surface area contributed by atoms with Crippen molar-refractivity contribution in [3.63, 3.8) is 0 Å². The molecule has 22 nitrogen and oxygen atoms in total. The molecule has 0 aliphatic carbocycles. The monoisotopic (exact) mass is 1060 g/mol. The highest BCUT2D eigenvalue weighted by molar-refractivity contribution is 5.98. The Morgan fingerprint density at radius 1 is 0.610 bits per heavy atom. The second kappa shape index (κ2) is 25.2. The van der Waals surface area contributed by atoms with Crippen LogP contribution >= 0.6 is 0 Å². The van der Waals surface area contributed by atoms with Gasteiger partial charge in [-0.15, -0.1) is 0 Å². The minimum atomic E-state index is -2.26. The van der Waals surface area contributed by atoms with E-state index in [0.717, 1.165) is 39.0 Å². The van der Waals surface area contributed by atoms with Gasteiger partial charge in [-0.05, 0) is 72.5 Å². The molecule has 3 aliphatic rings. The molecule has 22 heteroatoms. The topological polar surface area (TPSA) is 351 Å². The quantitative estimate of drug-likeness (QED) is 0.0777. The fourth-order valence-corrected chi connectivity index (χ4v) is 9.54. The van der Waals surface area contributed by atoms with Crippen LogP contribution in [0.1, 0.15) is 62.0 Å². The second-order valence-electron chi connectivity index (χ2n) is 19.8. The van der Waals surface area contributed by atoms with Crippen LogP contribution in [-0.4, -0.2) is 183 Å². The number of hydrogen-bond donors (Lipinski definition) is 14. The maximum absolute atomic E-state index is 14.4. The zero-order valence-corrected chi connectivity index (χ0v) is 42.4. The van der Waals surface area contributed by atoms with Gasteiger partial charge in [-0.3, -0.25) is 28.8 Å². The Balaban J connectivity index is 1.19. The molecule has 15 atom stereocenters. The minimum absolute atomic E-state index is 0.0513. The number of benzene rings is 4. The third kappa shape index (κ3) is 13.8. The normalized spacial score (nSPS) is 28.5. The summed E-state index contributed by atoms with van der Waals surface area (Å²) in [5.41, 5.74) is 4.01. The van der Waals surface area contributed by atoms with E-state index >= 15 is 0 Å². The lowest BCUT2D eigenvalue weighted by molar-refractivity contribution is -0.148. The Labute approximate surface area is 443 Å². The molecule has 0 bridgehead atoms. The van der Waals surface area contributed by atoms with Gasteiger partial charge in [-0.25, -0.2) is 0 Å². The summed E-state index contributed by atoms with van der Waals surface area (Å²) in [4.78, 5) is 87.4. The molecule has 0 aromatic heterocycles. The molecule has 0 saturated carbocycles. The lowest BCUT2D eigenvalue weighted by Crippen LogP contribution is -2.64. The number of aromatic hydroxyl groups is 1. The van der Waals surface area contributed by atoms with E-state index in [1.165, 1.54) is 38.1 Å². The zero-order chi connectivity index (χ0) is 55.8. The van der Waals surface area contributed by atoms with E-state index in [9.17, 15) is 74.7 Å². The summed E-state index contributed by atoms with van der Waals surface area (Å²) in [5, 5.41) is 112. The van der Waals surface area contributed by atoms with Crippen molar-refractivity contribution in [1.82, 2.24) is 36.4 Å². The number of aliphatic hydroxyl groups is 8. The zero-order valence-electron chi connectivity index (χ0n) is 42.4. The summed E-state index contributed by atoms with van der Waals surface area (Å²) in [6.45, 7) is 2.85. The lowest BCUT2D eigenvalue weighted by Gasteiger charge is -2.34. The number of carbonyl (C=O) groups excluding carboxylic acids is 6. The molecule has 410 valence electrons. The van der Waals surface area contributed by atoms with Gasteiger partial charge >= 0.3 is 0 Å². The van der Waals surface area contributed by atoms with E-state index in [2.05, 4.69) is 38.4 Å². The average Bonchev–Trinajstić information content (AvgIpc) is 4.00. The molecule has 77 heavy (non-hydrogen) atoms. The van der Waals surface area contributed by atoms with E-state index in [0.29, 0.717) is 5.56 Å². The highest BCUT2D eigenvalue weighted by atomic mass is 16.3. The van der Waals surface area contributed by atoms with Crippen molar-refractivity contribution >= 4 is 35.4 Å². The second-order valence-corrected chi connectivity index (χ2v) is 19.8. The smallest absolute Gasteiger partial charge is 0.248 e. The molecule has 7 rings (SSSR count). The van der Waals surface area contributed by atoms with Gasteiger partial charge in [-0.1, -0.05) is 85.5 Å². The van der Waals surface area contributed by atoms with Gasteiger partial charge in [0.1, 0.15) is 54.3 Å². The average molecular weight is 1060 g/mol. The van der Waals surface area contributed by atoms with Gasteiger partial charge in [0.05, 0.1) is 30.5 Å². The molecule has 6 amide bonds. The predicted molar refractivity (Wildman–Crippen MR) is 275 cm³/mol. The summed E-state index contributed by atoms with van der Waals surface area (Å²) < 4.78 is 0. The summed E-state index contributed by atoms with van der Waals surface area (Å²) in [7, 11) is 0. The summed E-state index contributed by atoms with van der Waals surface area (Å²) in [6, 6.07) is 18.2. The maximum atomic E-state index is 14.4. The lowest BCUT2D eigenvalue weighted by atomic mass is 9.96. The van der Waals surface area contributed by atoms with Crippen LogP contribution in [-0.2, 0) is 35.3 Å². The van der Waals surface area contributed by atoms with Crippen LogP contribution in [0.15, 0.2) is 103 Å². The number of nitrogens with one attached hydrogen (secondary N) is 5. The summed E-state index contributed by atoms with van der Waals surface area (Å²) in [6.07, 6.45) is -15.9. The first-order chi connectivity index (χ1) is 36.6. The molecule has 14 N–H and O–H groups in total. The Morgan fingerprint density at radius 3 is 1.75 bits per heavy atom. The molecule has 0 unspecified atom stereocenters. The van der Waals surface area contributed by atoms with Crippen molar-refractivity contribution in [3.8, 4) is 28.7 Å². The van der Waals surface area contributed by atoms with E-state index in [4.69, 9.17) is 0 Å². The van der Waals surface area contributed by atoms with Crippen molar-refractivity contribution < 1.29 is 74.7 Å². The van der Waals surface area contributed by atoms with Crippen LogP contribution in [0.3, 0.4) is 0 Å². The van der Waals surface area contributed by atoms with E-state index < -0.39 is 146 Å². The standard InChI is InChI=1S/C55H65N7O15/c1-28-26-62-45(46(28)68)53(75)60-51(73)41(67)24-39(56-25-33-13-17-35(18-14-33)34-15-11-32(12-16-34)10-9-31-7-5-4-6-8-31)49(71)57-42(29(2)63)54(76)61-27-38(66)23-40(61)50(72)59-44(52(74)58-43(30(3)64)55(62)77)48(70)47(69)36-19-21-37(65)22-20-36/h4-8,11-22,28-30,38-48,51,56,63-70,73H,23-27H2,1-3H3,(H,57,71)(H,58,74)(H,59,72)(H,60,75)/t28-,29+,30+,38+,39+,40-,41+,42-,43-,44-,45-,46-,47-,48-,51+/m0/s1. The fourth-order valence-electron chi connectivity index (χ4n) is 9.54. The van der Waals surface area contributed by atoms with Crippen molar-refractivity contribution in [2.24, 2.45) is 5.92 Å². The van der Waals surface area contributed by atoms with Crippen molar-refractivity contribution in [2.75, 3.05) is 13.1 Å². The largest absolute Gasteiger partial charge is 0.508 e. The van der Waals surface area contributed by atoms with Crippen molar-refractivity contribution in [1.29, 1.82) is 0 Å². The number of fused-ring (bicyclic) bond motifs is 2. The van der Waals surface area contributed by atoms with Crippen LogP contribution in [0.2, 0.25) is 0 Å². The fraction of sp³-hybridized carbons (Fsp3) is 0.418. The Morgan fingerprint density at radius 2 is 1.16 bits per heavy atom. The van der Waals surface area contributed by atoms with Crippen LogP contribution < -0.4 is 26.6 Å². The van der Waals surface area contributed by atoms with Crippen LogP contribution in [0.4, 0.5) is 0 Å². The number of phenols is 1. The highest BCUT2D eigenvalue weighted by Gasteiger charge is 2.50. The number of carbonyl (C=O) groups is 6. The van der Waals surface area contributed by atoms with Gasteiger partial charge in [0.15, 0.2) is 6.23 Å². The van der Waals surface area contributed by atoms with Gasteiger partial charge < -0.3 is 82.3 Å². The molecular weight excluding hydrogens is 999 g/mol. The Hall–Kier alpha value is -7.30. The number of rotatable bonds is 9. The van der Waals surface area contributed by atoms with Crippen LogP contribution in [0.5, 0.6) is 5.75 Å². The summed E-state index contributed by atoms with van der Waals surface area (Å²) in [5.74, 6) is -1.76. The number of aliphatic hydroxyl groups excluding tert-OH is 8. The van der Waals surface area contributed by atoms with E-state index in [1.807, 2.05) is 66.7 Å². The predicted octanol–water partition coefficient (Wildman–Crippen LogP) is -2.40. The minimum Gasteiger partial charge on any atom is -0.508 e. The maximum Gasteiger partial charge on any atom is 0.248 e. The van der Waals surface area contributed by atoms with Crippen molar-refractivity contribution in [2.45, 2.75) is 125 Å². The third-order valence-corrected chi connectivity index (χ3v) is 14.0. The molecule has 3 fully saturated rings. The van der Waals surface area contributed by atoms with Gasteiger partial charge in [0.25, 0.3) is 0 Å². The number of amides is 6. The molecule has 4 aromatic carbocycles. The first-order valence-corrected chi connectivity index (χ1v) is 25.2. The number of nitrogens with zero attached hydrogens (tertiary/aromatic N) is 2. The molecule has 4 aromatic rings. The molecule has 3 aliphatic heterocycles. The number of hydrogen-bond acceptors (Lipinski definition) is 16. The SMILES string of the molecule is C[C@@H](O)[C@@H]1NC(=O)[C@H]([C@H](O)[C@@H](O)c2ccc(O)cc2)NC(=O)[C@@H]2C[C@@H](O)CN2C(=O)[C@H]([C@@H](C)O)NC(=O)[C@H](NCc2ccc(-c3ccc(C#Cc4ccccc4)cc3)cc2)C[C@@H](O)[C@@H](O)NC(=O)[C@@H]2[C@@H](O)[C@@H](C)CN2C1=O. The van der Waals surface area contributed by atoms with Gasteiger partial charge in [0, 0.05) is 49.5 Å². The van der Waals surface area contributed by atoms with E-state index in [1.54, 1.807) is 12.1 Å². The molecule has 3 heterocycles. The molecular formula is C55H65N7O15. The van der Waals surface area contributed by atoms with Crippen LogP contribution in [0.25, 0.3) is 11.1 Å². The Bertz CT molecular complexity index is 2790. The highest BCUT2D eigenvalue weighted by Crippen LogP contribution is 2.28. The molecule has 3 saturated heterocycles. The molecule has 0 radical (unpaired) electrons.